The van der Waals surface area contributed by atoms with E-state index < -0.39 is 15.1 Å². The second-order valence-electron chi connectivity index (χ2n) is 7.21. The van der Waals surface area contributed by atoms with Crippen LogP contribution in [-0.4, -0.2) is 49.4 Å². The van der Waals surface area contributed by atoms with Gasteiger partial charge in [-0.2, -0.15) is 0 Å². The quantitative estimate of drug-likeness (QED) is 0.829. The van der Waals surface area contributed by atoms with Gasteiger partial charge in [-0.05, 0) is 24.8 Å². The number of carbonyl (C=O) groups excluding carboxylic acids is 1. The van der Waals surface area contributed by atoms with Crippen LogP contribution in [-0.2, 0) is 26.0 Å². The molecule has 1 amide bonds. The fourth-order valence-electron chi connectivity index (χ4n) is 3.93. The lowest BCUT2D eigenvalue weighted by atomic mass is 9.98. The van der Waals surface area contributed by atoms with Crippen molar-refractivity contribution < 1.29 is 17.9 Å². The summed E-state index contributed by atoms with van der Waals surface area (Å²) in [6, 6.07) is 9.92. The number of likely N-dealkylation sites (tertiary alicyclic amines) is 1. The Morgan fingerprint density at radius 3 is 2.58 bits per heavy atom. The smallest absolute Gasteiger partial charge is 0.225 e. The lowest BCUT2D eigenvalue weighted by Gasteiger charge is -2.32. The molecule has 4 rings (SSSR count). The number of fused-ring (bicyclic) bond motifs is 1. The molecule has 0 bridgehead atoms. The SMILES string of the molecule is O=C(C1CC1)N1C[C@@H]2[C@@H](OCc3ccccc3)CCS(=O)(=O)[C@H]2C1. The molecule has 3 atom stereocenters. The van der Waals surface area contributed by atoms with Gasteiger partial charge in [0.1, 0.15) is 0 Å². The molecule has 0 unspecified atom stereocenters. The van der Waals surface area contributed by atoms with Crippen molar-refractivity contribution in [2.75, 3.05) is 18.8 Å². The second-order valence-corrected chi connectivity index (χ2v) is 9.55. The van der Waals surface area contributed by atoms with Gasteiger partial charge in [-0.15, -0.1) is 0 Å². The van der Waals surface area contributed by atoms with Gasteiger partial charge in [-0.25, -0.2) is 8.42 Å². The average Bonchev–Trinajstić information content (AvgIpc) is 3.32. The van der Waals surface area contributed by atoms with Crippen molar-refractivity contribution in [2.24, 2.45) is 11.8 Å². The van der Waals surface area contributed by atoms with Crippen molar-refractivity contribution in [3.05, 3.63) is 35.9 Å². The van der Waals surface area contributed by atoms with E-state index in [2.05, 4.69) is 0 Å². The summed E-state index contributed by atoms with van der Waals surface area (Å²) in [6.07, 6.45) is 2.34. The molecular weight excluding hydrogens is 326 g/mol. The Morgan fingerprint density at radius 2 is 1.88 bits per heavy atom. The zero-order valence-corrected chi connectivity index (χ0v) is 14.5. The van der Waals surface area contributed by atoms with Gasteiger partial charge < -0.3 is 9.64 Å². The van der Waals surface area contributed by atoms with Gasteiger partial charge in [0.15, 0.2) is 9.84 Å². The predicted octanol–water partition coefficient (Wildman–Crippen LogP) is 1.63. The van der Waals surface area contributed by atoms with Gasteiger partial charge in [0.2, 0.25) is 5.91 Å². The van der Waals surface area contributed by atoms with Crippen LogP contribution in [0.4, 0.5) is 0 Å². The number of amides is 1. The molecule has 130 valence electrons. The fourth-order valence-corrected chi connectivity index (χ4v) is 6.00. The normalized spacial score (nSPS) is 31.7. The Balaban J connectivity index is 1.47. The zero-order valence-electron chi connectivity index (χ0n) is 13.6. The molecule has 2 aliphatic heterocycles. The van der Waals surface area contributed by atoms with Crippen molar-refractivity contribution in [3.8, 4) is 0 Å². The van der Waals surface area contributed by atoms with Crippen molar-refractivity contribution in [3.63, 3.8) is 0 Å². The van der Waals surface area contributed by atoms with E-state index in [-0.39, 0.29) is 29.6 Å². The van der Waals surface area contributed by atoms with Gasteiger partial charge in [-0.1, -0.05) is 30.3 Å². The van der Waals surface area contributed by atoms with E-state index in [1.807, 2.05) is 30.3 Å². The van der Waals surface area contributed by atoms with E-state index in [1.54, 1.807) is 4.90 Å². The number of hydrogen-bond acceptors (Lipinski definition) is 4. The molecule has 0 N–H and O–H groups in total. The minimum atomic E-state index is -3.12. The molecule has 3 aliphatic rings. The molecule has 24 heavy (non-hydrogen) atoms. The number of nitrogens with zero attached hydrogens (tertiary/aromatic N) is 1. The minimum Gasteiger partial charge on any atom is -0.373 e. The Morgan fingerprint density at radius 1 is 1.12 bits per heavy atom. The summed E-state index contributed by atoms with van der Waals surface area (Å²) in [6.45, 7) is 1.37. The van der Waals surface area contributed by atoms with Gasteiger partial charge in [0.05, 0.1) is 23.7 Å². The summed E-state index contributed by atoms with van der Waals surface area (Å²) in [5.74, 6) is 0.354. The Labute approximate surface area is 142 Å². The first kappa shape index (κ1) is 16.1. The third kappa shape index (κ3) is 3.09. The molecule has 1 aliphatic carbocycles. The Hall–Kier alpha value is -1.40. The highest BCUT2D eigenvalue weighted by Gasteiger charge is 2.51. The number of ether oxygens (including phenoxy) is 1. The van der Waals surface area contributed by atoms with Gasteiger partial charge in [0.25, 0.3) is 0 Å². The molecule has 1 aromatic rings. The van der Waals surface area contributed by atoms with Gasteiger partial charge >= 0.3 is 0 Å². The Kier molecular flexibility index (Phi) is 4.12. The summed E-state index contributed by atoms with van der Waals surface area (Å²) in [7, 11) is -3.12. The van der Waals surface area contributed by atoms with Crippen LogP contribution in [0.5, 0.6) is 0 Å². The van der Waals surface area contributed by atoms with Crippen LogP contribution in [0.25, 0.3) is 0 Å². The maximum absolute atomic E-state index is 12.4. The summed E-state index contributed by atoms with van der Waals surface area (Å²) in [5, 5.41) is -0.449. The second kappa shape index (κ2) is 6.15. The first-order valence-corrected chi connectivity index (χ1v) is 10.4. The minimum absolute atomic E-state index is 0.0873. The van der Waals surface area contributed by atoms with E-state index in [4.69, 9.17) is 4.74 Å². The average molecular weight is 349 g/mol. The molecule has 3 fully saturated rings. The maximum Gasteiger partial charge on any atom is 0.225 e. The fraction of sp³-hybridized carbons (Fsp3) is 0.611. The van der Waals surface area contributed by atoms with E-state index in [0.717, 1.165) is 18.4 Å². The topological polar surface area (TPSA) is 63.7 Å². The lowest BCUT2D eigenvalue weighted by molar-refractivity contribution is -0.131. The molecular formula is C18H23NO4S. The van der Waals surface area contributed by atoms with E-state index in [0.29, 0.717) is 26.1 Å². The first-order chi connectivity index (χ1) is 11.5. The highest BCUT2D eigenvalue weighted by molar-refractivity contribution is 7.92. The summed E-state index contributed by atoms with van der Waals surface area (Å²) < 4.78 is 31.0. The molecule has 2 heterocycles. The van der Waals surface area contributed by atoms with Crippen molar-refractivity contribution in [2.45, 2.75) is 37.2 Å². The largest absolute Gasteiger partial charge is 0.373 e. The molecule has 5 nitrogen and oxygen atoms in total. The highest BCUT2D eigenvalue weighted by atomic mass is 32.2. The standard InChI is InChI=1S/C18H23NO4S/c20-18(14-6-7-14)19-10-15-16(8-9-24(21,22)17(15)11-19)23-12-13-4-2-1-3-5-13/h1-5,14-17H,6-12H2/t15-,16+,17+/m1/s1. The first-order valence-electron chi connectivity index (χ1n) is 8.70. The van der Waals surface area contributed by atoms with Crippen LogP contribution < -0.4 is 0 Å². The summed E-state index contributed by atoms with van der Waals surface area (Å²) >= 11 is 0. The zero-order chi connectivity index (χ0) is 16.7. The number of rotatable bonds is 4. The van der Waals surface area contributed by atoms with Gasteiger partial charge in [-0.3, -0.25) is 4.79 Å². The van der Waals surface area contributed by atoms with Crippen LogP contribution >= 0.6 is 0 Å². The molecule has 1 saturated carbocycles. The summed E-state index contributed by atoms with van der Waals surface area (Å²) in [4.78, 5) is 14.1. The molecule has 0 aromatic heterocycles. The van der Waals surface area contributed by atoms with E-state index in [1.165, 1.54) is 0 Å². The molecule has 0 spiro atoms. The number of carbonyl (C=O) groups is 1. The van der Waals surface area contributed by atoms with Crippen molar-refractivity contribution in [1.29, 1.82) is 0 Å². The lowest BCUT2D eigenvalue weighted by Crippen LogP contribution is -2.44. The van der Waals surface area contributed by atoms with Crippen LogP contribution in [0.2, 0.25) is 0 Å². The Bertz CT molecular complexity index is 714. The number of sulfone groups is 1. The van der Waals surface area contributed by atoms with Crippen LogP contribution in [0, 0.1) is 11.8 Å². The highest BCUT2D eigenvalue weighted by Crippen LogP contribution is 2.38. The molecule has 2 saturated heterocycles. The van der Waals surface area contributed by atoms with Crippen LogP contribution in [0.3, 0.4) is 0 Å². The van der Waals surface area contributed by atoms with E-state index >= 15 is 0 Å². The monoisotopic (exact) mass is 349 g/mol. The van der Waals surface area contributed by atoms with Crippen LogP contribution in [0.15, 0.2) is 30.3 Å². The van der Waals surface area contributed by atoms with Gasteiger partial charge in [0, 0.05) is 24.9 Å². The number of benzene rings is 1. The third-order valence-corrected chi connectivity index (χ3v) is 7.71. The predicted molar refractivity (Wildman–Crippen MR) is 90.0 cm³/mol. The van der Waals surface area contributed by atoms with E-state index in [9.17, 15) is 13.2 Å². The molecule has 6 heteroatoms. The maximum atomic E-state index is 12.4. The molecule has 1 aromatic carbocycles. The summed E-state index contributed by atoms with van der Waals surface area (Å²) in [5.41, 5.74) is 1.09. The van der Waals surface area contributed by atoms with Crippen LogP contribution in [0.1, 0.15) is 24.8 Å². The third-order valence-electron chi connectivity index (χ3n) is 5.48. The van der Waals surface area contributed by atoms with Crippen molar-refractivity contribution >= 4 is 15.7 Å². The number of hydrogen-bond donors (Lipinski definition) is 0. The molecule has 0 radical (unpaired) electrons. The van der Waals surface area contributed by atoms with Crippen molar-refractivity contribution in [1.82, 2.24) is 4.90 Å².